The first-order valence-electron chi connectivity index (χ1n) is 8.31. The molecule has 138 valence electrons. The fraction of sp³-hybridized carbons (Fsp3) is 0.368. The number of carbonyl (C=O) groups excluding carboxylic acids is 1. The van der Waals surface area contributed by atoms with E-state index in [0.29, 0.717) is 41.5 Å². The second-order valence-electron chi connectivity index (χ2n) is 6.37. The smallest absolute Gasteiger partial charge is 0.270 e. The van der Waals surface area contributed by atoms with Crippen LogP contribution in [0.5, 0.6) is 0 Å². The van der Waals surface area contributed by atoms with Gasteiger partial charge in [-0.25, -0.2) is 13.8 Å². The van der Waals surface area contributed by atoms with Gasteiger partial charge in [0.1, 0.15) is 10.8 Å². The number of thiazole rings is 1. The summed E-state index contributed by atoms with van der Waals surface area (Å²) in [7, 11) is 0. The number of carbonyl (C=O) groups is 1. The number of rotatable bonds is 5. The van der Waals surface area contributed by atoms with E-state index >= 15 is 0 Å². The number of anilines is 1. The van der Waals surface area contributed by atoms with Crippen LogP contribution >= 0.6 is 11.3 Å². The average Bonchev–Trinajstić information content (AvgIpc) is 3.13. The number of nitrogens with zero attached hydrogens (tertiary/aromatic N) is 1. The van der Waals surface area contributed by atoms with Gasteiger partial charge in [0.2, 0.25) is 0 Å². The van der Waals surface area contributed by atoms with E-state index in [0.717, 1.165) is 17.5 Å². The van der Waals surface area contributed by atoms with Crippen LogP contribution in [0, 0.1) is 6.92 Å². The molecule has 4 nitrogen and oxygen atoms in total. The van der Waals surface area contributed by atoms with Gasteiger partial charge in [-0.2, -0.15) is 0 Å². The molecule has 0 unspecified atom stereocenters. The van der Waals surface area contributed by atoms with Gasteiger partial charge in [0.25, 0.3) is 11.8 Å². The molecule has 2 aromatic rings. The molecular weight excluding hydrogens is 358 g/mol. The number of alkyl halides is 2. The summed E-state index contributed by atoms with van der Waals surface area (Å²) in [5, 5.41) is 4.33. The Balaban J connectivity index is 1.75. The molecule has 1 aliphatic rings. The molecule has 1 amide bonds. The van der Waals surface area contributed by atoms with Crippen LogP contribution in [0.15, 0.2) is 35.6 Å². The Bertz CT molecular complexity index is 869. The van der Waals surface area contributed by atoms with Crippen molar-refractivity contribution < 1.29 is 18.3 Å². The quantitative estimate of drug-likeness (QED) is 0.814. The van der Waals surface area contributed by atoms with Crippen molar-refractivity contribution in [2.75, 3.05) is 11.9 Å². The molecule has 26 heavy (non-hydrogen) atoms. The van der Waals surface area contributed by atoms with Crippen molar-refractivity contribution >= 4 is 22.2 Å². The Morgan fingerprint density at radius 1 is 1.38 bits per heavy atom. The first-order valence-corrected chi connectivity index (χ1v) is 9.13. The molecule has 0 fully saturated rings. The molecule has 0 radical (unpaired) electrons. The zero-order valence-electron chi connectivity index (χ0n) is 14.9. The minimum absolute atomic E-state index is 0.0135. The van der Waals surface area contributed by atoms with E-state index in [4.69, 9.17) is 4.74 Å². The highest BCUT2D eigenvalue weighted by atomic mass is 32.1. The number of aryl methyl sites for hydroxylation is 1. The van der Waals surface area contributed by atoms with Crippen molar-refractivity contribution in [1.82, 2.24) is 4.98 Å². The minimum Gasteiger partial charge on any atom is -0.497 e. The monoisotopic (exact) mass is 378 g/mol. The molecule has 0 atom stereocenters. The van der Waals surface area contributed by atoms with Crippen molar-refractivity contribution in [3.8, 4) is 0 Å². The number of ether oxygens (including phenoxy) is 1. The molecule has 2 heterocycles. The number of allylic oxidation sites excluding steroid dienone is 1. The fourth-order valence-electron chi connectivity index (χ4n) is 2.79. The SMILES string of the molecule is CC1=C(C(=O)Nc2sc(Cc3cccc(C(C)(F)F)c3)nc2C)CCO1. The van der Waals surface area contributed by atoms with Crippen molar-refractivity contribution in [2.24, 2.45) is 0 Å². The van der Waals surface area contributed by atoms with Crippen molar-refractivity contribution in [2.45, 2.75) is 39.5 Å². The van der Waals surface area contributed by atoms with Crippen molar-refractivity contribution in [1.29, 1.82) is 0 Å². The highest BCUT2D eigenvalue weighted by Gasteiger charge is 2.24. The molecular formula is C19H20F2N2O2S. The molecule has 0 aliphatic carbocycles. The normalized spacial score (nSPS) is 14.5. The van der Waals surface area contributed by atoms with Gasteiger partial charge >= 0.3 is 0 Å². The van der Waals surface area contributed by atoms with Gasteiger partial charge in [0.05, 0.1) is 22.9 Å². The molecule has 0 saturated heterocycles. The van der Waals surface area contributed by atoms with E-state index in [1.165, 1.54) is 23.5 Å². The lowest BCUT2D eigenvalue weighted by Gasteiger charge is -2.11. The summed E-state index contributed by atoms with van der Waals surface area (Å²) >= 11 is 1.36. The van der Waals surface area contributed by atoms with Gasteiger partial charge in [-0.15, -0.1) is 11.3 Å². The third kappa shape index (κ3) is 4.09. The number of halogens is 2. The Morgan fingerprint density at radius 3 is 2.81 bits per heavy atom. The maximum absolute atomic E-state index is 13.5. The average molecular weight is 378 g/mol. The number of amides is 1. The van der Waals surface area contributed by atoms with Crippen LogP contribution in [-0.2, 0) is 21.9 Å². The van der Waals surface area contributed by atoms with E-state index < -0.39 is 5.92 Å². The van der Waals surface area contributed by atoms with Crippen molar-refractivity contribution in [3.63, 3.8) is 0 Å². The lowest BCUT2D eigenvalue weighted by molar-refractivity contribution is -0.112. The predicted octanol–water partition coefficient (Wildman–Crippen LogP) is 4.79. The second-order valence-corrected chi connectivity index (χ2v) is 7.46. The zero-order valence-corrected chi connectivity index (χ0v) is 15.7. The summed E-state index contributed by atoms with van der Waals surface area (Å²) in [6, 6.07) is 6.34. The van der Waals surface area contributed by atoms with Crippen LogP contribution in [0.4, 0.5) is 13.8 Å². The van der Waals surface area contributed by atoms with Crippen LogP contribution in [0.2, 0.25) is 0 Å². The Kier molecular flexibility index (Phi) is 5.09. The molecule has 1 N–H and O–H groups in total. The maximum Gasteiger partial charge on any atom is 0.270 e. The van der Waals surface area contributed by atoms with Gasteiger partial charge in [-0.3, -0.25) is 4.79 Å². The summed E-state index contributed by atoms with van der Waals surface area (Å²) in [4.78, 5) is 16.8. The van der Waals surface area contributed by atoms with E-state index in [2.05, 4.69) is 10.3 Å². The number of aromatic nitrogens is 1. The largest absolute Gasteiger partial charge is 0.497 e. The molecule has 0 bridgehead atoms. The lowest BCUT2D eigenvalue weighted by Crippen LogP contribution is -2.14. The minimum atomic E-state index is -2.87. The fourth-order valence-corrected chi connectivity index (χ4v) is 3.79. The van der Waals surface area contributed by atoms with E-state index in [-0.39, 0.29) is 11.5 Å². The van der Waals surface area contributed by atoms with Gasteiger partial charge < -0.3 is 10.1 Å². The number of benzene rings is 1. The summed E-state index contributed by atoms with van der Waals surface area (Å²) < 4.78 is 32.3. The standard InChI is InChI=1S/C19H20F2N2O2S/c1-11-18(23-17(24)15-7-8-25-12(15)2)26-16(22-11)10-13-5-4-6-14(9-13)19(3,20)21/h4-6,9H,7-8,10H2,1-3H3,(H,23,24). The number of nitrogens with one attached hydrogen (secondary N) is 1. The zero-order chi connectivity index (χ0) is 18.9. The summed E-state index contributed by atoms with van der Waals surface area (Å²) in [5.74, 6) is -2.39. The van der Waals surface area contributed by atoms with Crippen molar-refractivity contribution in [3.05, 3.63) is 57.4 Å². The Labute approximate surface area is 154 Å². The van der Waals surface area contributed by atoms with E-state index in [1.807, 2.05) is 6.92 Å². The Hall–Kier alpha value is -2.28. The highest BCUT2D eigenvalue weighted by molar-refractivity contribution is 7.16. The lowest BCUT2D eigenvalue weighted by atomic mass is 10.0. The van der Waals surface area contributed by atoms with Crippen LogP contribution < -0.4 is 5.32 Å². The molecule has 3 rings (SSSR count). The van der Waals surface area contributed by atoms with E-state index in [1.54, 1.807) is 19.1 Å². The summed E-state index contributed by atoms with van der Waals surface area (Å²) in [5.41, 5.74) is 2.11. The maximum atomic E-state index is 13.5. The van der Waals surface area contributed by atoms with Crippen LogP contribution in [-0.4, -0.2) is 17.5 Å². The summed E-state index contributed by atoms with van der Waals surface area (Å²) in [6.45, 7) is 5.01. The van der Waals surface area contributed by atoms with Gasteiger partial charge in [-0.05, 0) is 25.5 Å². The van der Waals surface area contributed by atoms with Crippen LogP contribution in [0.1, 0.15) is 42.1 Å². The van der Waals surface area contributed by atoms with Crippen LogP contribution in [0.3, 0.4) is 0 Å². The first-order chi connectivity index (χ1) is 12.2. The summed E-state index contributed by atoms with van der Waals surface area (Å²) in [6.07, 6.45) is 1.04. The van der Waals surface area contributed by atoms with Gasteiger partial charge in [0.15, 0.2) is 0 Å². The topological polar surface area (TPSA) is 51.2 Å². The molecule has 0 spiro atoms. The molecule has 0 saturated carbocycles. The molecule has 1 aromatic carbocycles. The second kappa shape index (κ2) is 7.15. The highest BCUT2D eigenvalue weighted by Crippen LogP contribution is 2.30. The molecule has 1 aliphatic heterocycles. The Morgan fingerprint density at radius 2 is 2.15 bits per heavy atom. The number of hydrogen-bond acceptors (Lipinski definition) is 4. The molecule has 1 aromatic heterocycles. The predicted molar refractivity (Wildman–Crippen MR) is 97.6 cm³/mol. The molecule has 7 heteroatoms. The van der Waals surface area contributed by atoms with Gasteiger partial charge in [-0.1, -0.05) is 18.2 Å². The van der Waals surface area contributed by atoms with Gasteiger partial charge in [0, 0.05) is 25.3 Å². The van der Waals surface area contributed by atoms with Crippen LogP contribution in [0.25, 0.3) is 0 Å². The van der Waals surface area contributed by atoms with E-state index in [9.17, 15) is 13.6 Å². The number of hydrogen-bond donors (Lipinski definition) is 1. The third-order valence-electron chi connectivity index (χ3n) is 4.23. The third-order valence-corrected chi connectivity index (χ3v) is 5.30. The first kappa shape index (κ1) is 18.5.